The van der Waals surface area contributed by atoms with Crippen LogP contribution in [0, 0.1) is 0 Å². The second kappa shape index (κ2) is 33.8. The summed E-state index contributed by atoms with van der Waals surface area (Å²) in [6, 6.07) is 5.72. The molecule has 0 aliphatic rings. The number of ether oxygens (including phenoxy) is 12. The highest BCUT2D eigenvalue weighted by Crippen LogP contribution is 2.52. The van der Waals surface area contributed by atoms with Crippen molar-refractivity contribution in [2.75, 3.05) is 79.3 Å². The molecule has 2 rings (SSSR count). The molecule has 6 atom stereocenters. The van der Waals surface area contributed by atoms with Crippen LogP contribution in [0.4, 0.5) is 0 Å². The highest BCUT2D eigenvalue weighted by molar-refractivity contribution is 5.89. The first-order valence-electron chi connectivity index (χ1n) is 25.0. The van der Waals surface area contributed by atoms with Crippen LogP contribution in [0.15, 0.2) is 97.2 Å². The Hall–Kier alpha value is -7.74. The Labute approximate surface area is 470 Å². The third-order valence-corrected chi connectivity index (χ3v) is 10.6. The molecule has 0 aliphatic carbocycles. The lowest BCUT2D eigenvalue weighted by Crippen LogP contribution is -2.30. The van der Waals surface area contributed by atoms with E-state index in [4.69, 9.17) is 56.8 Å². The number of aliphatic hydroxyl groups excluding tert-OH is 6. The molecule has 0 aliphatic heterocycles. The van der Waals surface area contributed by atoms with Crippen molar-refractivity contribution < 1.29 is 116 Å². The quantitative estimate of drug-likeness (QED) is 0.0319. The minimum atomic E-state index is -1.53. The predicted molar refractivity (Wildman–Crippen MR) is 289 cm³/mol. The highest BCUT2D eigenvalue weighted by Gasteiger charge is 2.37. The van der Waals surface area contributed by atoms with Crippen molar-refractivity contribution in [2.24, 2.45) is 0 Å². The van der Waals surface area contributed by atoms with Crippen molar-refractivity contribution in [1.29, 1.82) is 0 Å². The monoisotopic (exact) mass is 1140 g/mol. The van der Waals surface area contributed by atoms with Gasteiger partial charge in [-0.05, 0) is 53.7 Å². The maximum Gasteiger partial charge on any atom is 0.333 e. The molecule has 24 nitrogen and oxygen atoms in total. The standard InChI is InChI=1S/C57H76O24/c1-31(2)51(64)76-25-37(58)19-70-45-17-15-43(47(72-21-39(60)27-78-53(66)33(5)6)49(45)74-23-41(62)29-80-55(68)35(9)10)57(13,14)44-16-18-46(71-20-38(59)26-77-52(65)32(3)4)50(75-24-42(63)30-81-56(69)36(11)12)48(44)73-22-40(61)28-79-54(67)34(7)8/h15-18,37-42,58-63H,1,3,5,7,9,11,19-30H2,2,4,6,8,10,12-14H3. The van der Waals surface area contributed by atoms with Crippen LogP contribution in [0.2, 0.25) is 0 Å². The molecule has 0 radical (unpaired) electrons. The van der Waals surface area contributed by atoms with Crippen LogP contribution in [0.5, 0.6) is 34.5 Å². The molecule has 0 fully saturated rings. The normalized spacial score (nSPS) is 13.2. The smallest absolute Gasteiger partial charge is 0.333 e. The van der Waals surface area contributed by atoms with Crippen molar-refractivity contribution in [1.82, 2.24) is 0 Å². The fraction of sp³-hybridized carbons (Fsp3) is 0.474. The Kier molecular flexibility index (Phi) is 28.9. The van der Waals surface area contributed by atoms with E-state index in [0.29, 0.717) is 0 Å². The van der Waals surface area contributed by atoms with E-state index >= 15 is 0 Å². The lowest BCUT2D eigenvalue weighted by molar-refractivity contribution is -0.143. The molecule has 0 saturated heterocycles. The molecular weight excluding hydrogens is 1070 g/mol. The number of carbonyl (C=O) groups is 6. The fourth-order valence-corrected chi connectivity index (χ4v) is 6.16. The summed E-state index contributed by atoms with van der Waals surface area (Å²) >= 11 is 0. The SMILES string of the molecule is C=C(C)C(=O)OCC(O)COc1ccc(C(C)(C)c2ccc(OCC(O)COC(=O)C(=C)C)c(OCC(O)COC(=O)C(=C)C)c2OCC(O)COC(=O)C(=C)C)c(OCC(O)COC(=O)C(=C)C)c1OCC(O)COC(=O)C(=C)C. The molecule has 448 valence electrons. The van der Waals surface area contributed by atoms with Gasteiger partial charge in [-0.1, -0.05) is 65.5 Å². The molecule has 6 unspecified atom stereocenters. The maximum atomic E-state index is 12.3. The van der Waals surface area contributed by atoms with E-state index in [1.165, 1.54) is 65.8 Å². The molecule has 24 heteroatoms. The van der Waals surface area contributed by atoms with Crippen LogP contribution < -0.4 is 28.4 Å². The zero-order valence-electron chi connectivity index (χ0n) is 47.0. The third-order valence-electron chi connectivity index (χ3n) is 10.6. The van der Waals surface area contributed by atoms with Crippen LogP contribution in [-0.2, 0) is 62.6 Å². The Morgan fingerprint density at radius 1 is 0.333 bits per heavy atom. The summed E-state index contributed by atoms with van der Waals surface area (Å²) < 4.78 is 67.8. The van der Waals surface area contributed by atoms with Crippen LogP contribution in [0.3, 0.4) is 0 Å². The van der Waals surface area contributed by atoms with E-state index in [2.05, 4.69) is 39.5 Å². The first kappa shape index (κ1) is 69.4. The lowest BCUT2D eigenvalue weighted by Gasteiger charge is -2.33. The number of rotatable bonds is 38. The first-order chi connectivity index (χ1) is 37.9. The summed E-state index contributed by atoms with van der Waals surface area (Å²) in [5.74, 6) is -6.25. The molecule has 0 amide bonds. The molecule has 0 heterocycles. The number of esters is 6. The van der Waals surface area contributed by atoms with Gasteiger partial charge in [0.1, 0.15) is 116 Å². The van der Waals surface area contributed by atoms with Crippen molar-refractivity contribution >= 4 is 35.8 Å². The van der Waals surface area contributed by atoms with Gasteiger partial charge in [-0.15, -0.1) is 0 Å². The van der Waals surface area contributed by atoms with Gasteiger partial charge in [0.15, 0.2) is 23.0 Å². The molecule has 0 bridgehead atoms. The van der Waals surface area contributed by atoms with Gasteiger partial charge < -0.3 is 87.5 Å². The van der Waals surface area contributed by atoms with E-state index in [-0.39, 0.29) is 79.1 Å². The minimum Gasteiger partial charge on any atom is -0.487 e. The summed E-state index contributed by atoms with van der Waals surface area (Å²) in [5, 5.41) is 66.0. The van der Waals surface area contributed by atoms with Crippen LogP contribution >= 0.6 is 0 Å². The van der Waals surface area contributed by atoms with Crippen molar-refractivity contribution in [3.05, 3.63) is 108 Å². The molecule has 0 saturated carbocycles. The van der Waals surface area contributed by atoms with Crippen molar-refractivity contribution in [3.8, 4) is 34.5 Å². The molecule has 6 N–H and O–H groups in total. The van der Waals surface area contributed by atoms with Crippen molar-refractivity contribution in [3.63, 3.8) is 0 Å². The fourth-order valence-electron chi connectivity index (χ4n) is 6.16. The van der Waals surface area contributed by atoms with Gasteiger partial charge >= 0.3 is 35.8 Å². The average Bonchev–Trinajstić information content (AvgIpc) is 3.47. The van der Waals surface area contributed by atoms with Crippen LogP contribution in [0.25, 0.3) is 0 Å². The summed E-state index contributed by atoms with van der Waals surface area (Å²) in [6.45, 7) is 25.8. The number of hydrogen-bond acceptors (Lipinski definition) is 24. The van der Waals surface area contributed by atoms with Crippen LogP contribution in [-0.4, -0.2) is 182 Å². The molecule has 0 spiro atoms. The summed E-state index contributed by atoms with van der Waals surface area (Å²) in [6.07, 6.45) is -8.99. The van der Waals surface area contributed by atoms with E-state index in [1.807, 2.05) is 0 Å². The van der Waals surface area contributed by atoms with Gasteiger partial charge in [-0.2, -0.15) is 0 Å². The molecule has 2 aromatic rings. The Morgan fingerprint density at radius 3 is 0.716 bits per heavy atom. The van der Waals surface area contributed by atoms with Gasteiger partial charge in [0.2, 0.25) is 11.5 Å². The summed E-state index contributed by atoms with van der Waals surface area (Å²) in [7, 11) is 0. The van der Waals surface area contributed by atoms with Gasteiger partial charge in [0, 0.05) is 50.0 Å². The van der Waals surface area contributed by atoms with E-state index in [1.54, 1.807) is 13.8 Å². The largest absolute Gasteiger partial charge is 0.487 e. The Bertz CT molecular complexity index is 2420. The maximum absolute atomic E-state index is 12.3. The number of aliphatic hydroxyl groups is 6. The van der Waals surface area contributed by atoms with E-state index in [0.717, 1.165) is 0 Å². The Morgan fingerprint density at radius 2 is 0.519 bits per heavy atom. The number of carbonyl (C=O) groups excluding carboxylic acids is 6. The second-order valence-corrected chi connectivity index (χ2v) is 19.2. The van der Waals surface area contributed by atoms with Crippen LogP contribution in [0.1, 0.15) is 66.5 Å². The topological polar surface area (TPSA) is 335 Å². The number of benzene rings is 2. The zero-order valence-corrected chi connectivity index (χ0v) is 47.0. The molecular formula is C57H76O24. The van der Waals surface area contributed by atoms with Crippen molar-refractivity contribution in [2.45, 2.75) is 97.4 Å². The van der Waals surface area contributed by atoms with E-state index < -0.39 is 157 Å². The van der Waals surface area contributed by atoms with Gasteiger partial charge in [0.25, 0.3) is 0 Å². The Balaban J connectivity index is 3.09. The average molecular weight is 1150 g/mol. The van der Waals surface area contributed by atoms with Gasteiger partial charge in [-0.3, -0.25) is 0 Å². The second-order valence-electron chi connectivity index (χ2n) is 19.2. The summed E-state index contributed by atoms with van der Waals surface area (Å²) in [5.41, 5.74) is -0.920. The summed E-state index contributed by atoms with van der Waals surface area (Å²) in [4.78, 5) is 73.4. The molecule has 2 aromatic carbocycles. The lowest BCUT2D eigenvalue weighted by atomic mass is 9.76. The minimum absolute atomic E-state index is 0.0379. The first-order valence-corrected chi connectivity index (χ1v) is 25.0. The third kappa shape index (κ3) is 23.9. The van der Waals surface area contributed by atoms with E-state index in [9.17, 15) is 59.4 Å². The van der Waals surface area contributed by atoms with Gasteiger partial charge in [-0.25, -0.2) is 28.8 Å². The molecule has 0 aromatic heterocycles. The number of hydrogen-bond donors (Lipinski definition) is 6. The zero-order chi connectivity index (χ0) is 61.3. The highest BCUT2D eigenvalue weighted by atomic mass is 16.6. The molecule has 81 heavy (non-hydrogen) atoms. The predicted octanol–water partition coefficient (Wildman–Crippen LogP) is 3.17. The van der Waals surface area contributed by atoms with Gasteiger partial charge in [0.05, 0.1) is 0 Å².